The molecule has 166 valence electrons. The molecule has 0 unspecified atom stereocenters. The Morgan fingerprint density at radius 3 is 2.61 bits per heavy atom. The van der Waals surface area contributed by atoms with Gasteiger partial charge >= 0.3 is 0 Å². The summed E-state index contributed by atoms with van der Waals surface area (Å²) in [7, 11) is 0. The molecule has 0 aliphatic heterocycles. The van der Waals surface area contributed by atoms with E-state index >= 15 is 0 Å². The molecular formula is C23H20FN7O2. The summed E-state index contributed by atoms with van der Waals surface area (Å²) in [5.74, 6) is 1.22. The van der Waals surface area contributed by atoms with E-state index in [1.165, 1.54) is 0 Å². The van der Waals surface area contributed by atoms with Gasteiger partial charge in [-0.25, -0.2) is 9.37 Å². The summed E-state index contributed by atoms with van der Waals surface area (Å²) in [6, 6.07) is 14.7. The van der Waals surface area contributed by atoms with Gasteiger partial charge in [0.2, 0.25) is 5.95 Å². The Kier molecular flexibility index (Phi) is 6.40. The molecule has 2 aromatic carbocycles. The summed E-state index contributed by atoms with van der Waals surface area (Å²) in [6.45, 7) is 3.75. The maximum Gasteiger partial charge on any atom is 0.264 e. The molecule has 0 bridgehead atoms. The van der Waals surface area contributed by atoms with Crippen LogP contribution < -0.4 is 15.4 Å². The number of aryl methyl sites for hydroxylation is 2. The minimum absolute atomic E-state index is 0.0340. The number of benzene rings is 2. The van der Waals surface area contributed by atoms with Crippen LogP contribution in [0.5, 0.6) is 5.75 Å². The summed E-state index contributed by atoms with van der Waals surface area (Å²) in [4.78, 5) is 12.3. The molecule has 0 saturated heterocycles. The number of nitriles is 1. The van der Waals surface area contributed by atoms with Crippen LogP contribution in [-0.2, 0) is 13.0 Å². The lowest BCUT2D eigenvalue weighted by Crippen LogP contribution is -2.04. The van der Waals surface area contributed by atoms with E-state index in [1.807, 2.05) is 37.3 Å². The van der Waals surface area contributed by atoms with Crippen LogP contribution in [0, 0.1) is 31.0 Å². The maximum absolute atomic E-state index is 14.4. The van der Waals surface area contributed by atoms with E-state index in [-0.39, 0.29) is 18.4 Å². The smallest absolute Gasteiger partial charge is 0.264 e. The van der Waals surface area contributed by atoms with Crippen molar-refractivity contribution in [3.63, 3.8) is 0 Å². The second-order valence-electron chi connectivity index (χ2n) is 7.17. The van der Waals surface area contributed by atoms with Gasteiger partial charge in [-0.15, -0.1) is 0 Å². The molecule has 0 saturated carbocycles. The molecule has 33 heavy (non-hydrogen) atoms. The maximum atomic E-state index is 14.4. The van der Waals surface area contributed by atoms with E-state index in [0.717, 1.165) is 23.0 Å². The zero-order chi connectivity index (χ0) is 23.2. The summed E-state index contributed by atoms with van der Waals surface area (Å²) in [5.41, 5.74) is 3.12. The first kappa shape index (κ1) is 21.7. The van der Waals surface area contributed by atoms with E-state index in [2.05, 4.69) is 36.8 Å². The molecule has 0 aliphatic rings. The molecule has 0 amide bonds. The SMILES string of the molecule is Cc1noc(COc2ccc(Nc3nc(Nc4ccc(CC#N)cc4)ncc3F)c(C)c2)n1. The van der Waals surface area contributed by atoms with Gasteiger partial charge in [-0.1, -0.05) is 17.3 Å². The van der Waals surface area contributed by atoms with Crippen molar-refractivity contribution in [2.24, 2.45) is 0 Å². The van der Waals surface area contributed by atoms with Crippen LogP contribution in [0.1, 0.15) is 22.8 Å². The minimum Gasteiger partial charge on any atom is -0.484 e. The Morgan fingerprint density at radius 1 is 1.09 bits per heavy atom. The van der Waals surface area contributed by atoms with Crippen molar-refractivity contribution in [2.75, 3.05) is 10.6 Å². The molecule has 2 aromatic heterocycles. The van der Waals surface area contributed by atoms with Gasteiger partial charge in [-0.05, 0) is 55.3 Å². The predicted octanol–water partition coefficient (Wildman–Crippen LogP) is 4.75. The van der Waals surface area contributed by atoms with Gasteiger partial charge in [0.05, 0.1) is 18.7 Å². The fourth-order valence-electron chi connectivity index (χ4n) is 2.98. The van der Waals surface area contributed by atoms with E-state index in [0.29, 0.717) is 29.6 Å². The highest BCUT2D eigenvalue weighted by Crippen LogP contribution is 2.26. The molecule has 4 aromatic rings. The van der Waals surface area contributed by atoms with Gasteiger partial charge in [0.1, 0.15) is 5.75 Å². The first-order valence-electron chi connectivity index (χ1n) is 10.1. The van der Waals surface area contributed by atoms with Crippen LogP contribution in [0.3, 0.4) is 0 Å². The van der Waals surface area contributed by atoms with Gasteiger partial charge in [-0.2, -0.15) is 15.2 Å². The lowest BCUT2D eigenvalue weighted by molar-refractivity contribution is 0.242. The highest BCUT2D eigenvalue weighted by atomic mass is 19.1. The molecule has 0 spiro atoms. The third-order valence-corrected chi connectivity index (χ3v) is 4.62. The summed E-state index contributed by atoms with van der Waals surface area (Å²) in [6.07, 6.45) is 1.43. The normalized spacial score (nSPS) is 10.5. The van der Waals surface area contributed by atoms with E-state index in [1.54, 1.807) is 19.1 Å². The third kappa shape index (κ3) is 5.59. The van der Waals surface area contributed by atoms with Gasteiger partial charge in [0.25, 0.3) is 5.89 Å². The average molecular weight is 445 g/mol. The number of hydrogen-bond acceptors (Lipinski definition) is 9. The lowest BCUT2D eigenvalue weighted by Gasteiger charge is -2.13. The molecule has 9 nitrogen and oxygen atoms in total. The Hall–Kier alpha value is -4.52. The number of halogens is 1. The fourth-order valence-corrected chi connectivity index (χ4v) is 2.98. The van der Waals surface area contributed by atoms with E-state index < -0.39 is 5.82 Å². The average Bonchev–Trinajstić information content (AvgIpc) is 3.23. The standard InChI is InChI=1S/C23H20FN7O2/c1-14-11-18(32-13-21-27-15(2)31-33-21)7-8-20(14)29-22-19(24)12-26-23(30-22)28-17-5-3-16(4-6-17)9-10-25/h3-8,11-12H,9,13H2,1-2H3,(H2,26,28,29,30). The first-order valence-corrected chi connectivity index (χ1v) is 10.1. The molecule has 0 atom stereocenters. The lowest BCUT2D eigenvalue weighted by atomic mass is 10.1. The van der Waals surface area contributed by atoms with Gasteiger partial charge in [0, 0.05) is 11.4 Å². The largest absolute Gasteiger partial charge is 0.484 e. The number of aromatic nitrogens is 4. The van der Waals surface area contributed by atoms with Gasteiger partial charge < -0.3 is 19.9 Å². The quantitative estimate of drug-likeness (QED) is 0.396. The number of nitrogens with one attached hydrogen (secondary N) is 2. The van der Waals surface area contributed by atoms with Crippen molar-refractivity contribution in [3.8, 4) is 11.8 Å². The molecule has 0 fully saturated rings. The predicted molar refractivity (Wildman–Crippen MR) is 119 cm³/mol. The fraction of sp³-hybridized carbons (Fsp3) is 0.174. The summed E-state index contributed by atoms with van der Waals surface area (Å²) < 4.78 is 25.1. The van der Waals surface area contributed by atoms with Crippen molar-refractivity contribution in [2.45, 2.75) is 26.9 Å². The van der Waals surface area contributed by atoms with Crippen molar-refractivity contribution in [1.82, 2.24) is 20.1 Å². The summed E-state index contributed by atoms with van der Waals surface area (Å²) >= 11 is 0. The number of anilines is 4. The van der Waals surface area contributed by atoms with Crippen molar-refractivity contribution >= 4 is 23.1 Å². The van der Waals surface area contributed by atoms with Gasteiger partial charge in [-0.3, -0.25) is 0 Å². The van der Waals surface area contributed by atoms with Crippen LogP contribution in [-0.4, -0.2) is 20.1 Å². The van der Waals surface area contributed by atoms with Crippen LogP contribution in [0.4, 0.5) is 27.5 Å². The van der Waals surface area contributed by atoms with Gasteiger partial charge in [0.15, 0.2) is 24.1 Å². The molecule has 2 heterocycles. The van der Waals surface area contributed by atoms with E-state index in [4.69, 9.17) is 14.5 Å². The van der Waals surface area contributed by atoms with Crippen LogP contribution in [0.25, 0.3) is 0 Å². The summed E-state index contributed by atoms with van der Waals surface area (Å²) in [5, 5.41) is 18.5. The third-order valence-electron chi connectivity index (χ3n) is 4.62. The number of nitrogens with zero attached hydrogens (tertiary/aromatic N) is 5. The van der Waals surface area contributed by atoms with Crippen molar-refractivity contribution in [1.29, 1.82) is 5.26 Å². The second-order valence-corrected chi connectivity index (χ2v) is 7.17. The highest BCUT2D eigenvalue weighted by molar-refractivity contribution is 5.63. The molecule has 4 rings (SSSR count). The zero-order valence-corrected chi connectivity index (χ0v) is 18.0. The molecule has 0 radical (unpaired) electrons. The van der Waals surface area contributed by atoms with Crippen LogP contribution >= 0.6 is 0 Å². The number of hydrogen-bond donors (Lipinski definition) is 2. The highest BCUT2D eigenvalue weighted by Gasteiger charge is 2.11. The Morgan fingerprint density at radius 2 is 1.91 bits per heavy atom. The molecule has 10 heteroatoms. The Bertz CT molecular complexity index is 1300. The van der Waals surface area contributed by atoms with Crippen molar-refractivity contribution in [3.05, 3.63) is 77.3 Å². The Balaban J connectivity index is 1.44. The second kappa shape index (κ2) is 9.74. The minimum atomic E-state index is -0.587. The number of rotatable bonds is 8. The molecular weight excluding hydrogens is 425 g/mol. The zero-order valence-electron chi connectivity index (χ0n) is 18.0. The topological polar surface area (TPSA) is 122 Å². The molecule has 2 N–H and O–H groups in total. The Labute approximate surface area is 189 Å². The van der Waals surface area contributed by atoms with E-state index in [9.17, 15) is 4.39 Å². The molecule has 0 aliphatic carbocycles. The first-order chi connectivity index (χ1) is 16.0. The monoisotopic (exact) mass is 445 g/mol. The van der Waals surface area contributed by atoms with Crippen molar-refractivity contribution < 1.29 is 13.7 Å². The van der Waals surface area contributed by atoms with Crippen LogP contribution in [0.2, 0.25) is 0 Å². The van der Waals surface area contributed by atoms with Crippen LogP contribution in [0.15, 0.2) is 53.2 Å². The number of ether oxygens (including phenoxy) is 1.